The molecule has 0 aromatic carbocycles. The fraction of sp³-hybridized carbons (Fsp3) is 0.286. The lowest BCUT2D eigenvalue weighted by molar-refractivity contribution is 0.939. The summed E-state index contributed by atoms with van der Waals surface area (Å²) in [6.45, 7) is 1.72. The molecule has 1 rings (SSSR count). The molecule has 0 fully saturated rings. The van der Waals surface area contributed by atoms with Crippen molar-refractivity contribution in [3.05, 3.63) is 16.2 Å². The van der Waals surface area contributed by atoms with Gasteiger partial charge in [0.15, 0.2) is 0 Å². The monoisotopic (exact) mass is 215 g/mol. The Morgan fingerprint density at radius 3 is 2.45 bits per heavy atom. The van der Waals surface area contributed by atoms with Crippen LogP contribution < -0.4 is 5.73 Å². The highest BCUT2D eigenvalue weighted by atomic mass is 79.9. The van der Waals surface area contributed by atoms with Crippen molar-refractivity contribution in [1.82, 2.24) is 4.57 Å². The molecule has 0 saturated carbocycles. The number of nitrogens with two attached hydrogens (primary N) is 1. The van der Waals surface area contributed by atoms with Gasteiger partial charge in [0.25, 0.3) is 0 Å². The van der Waals surface area contributed by atoms with Crippen LogP contribution in [-0.2, 0) is 7.05 Å². The number of nitrogens with one attached hydrogen (secondary N) is 1. The second-order valence-electron chi connectivity index (χ2n) is 2.47. The highest BCUT2D eigenvalue weighted by Crippen LogP contribution is 2.24. The zero-order valence-electron chi connectivity index (χ0n) is 6.48. The summed E-state index contributed by atoms with van der Waals surface area (Å²) in [5, 5.41) is 7.41. The molecule has 0 unspecified atom stereocenters. The Labute approximate surface area is 73.8 Å². The standard InChI is InChI=1S/C7H10BrN3/c1-4(9)6-5(8)3-11(2)7(6)10/h3,9H,10H2,1-2H3. The highest BCUT2D eigenvalue weighted by molar-refractivity contribution is 9.10. The van der Waals surface area contributed by atoms with Gasteiger partial charge in [0, 0.05) is 23.4 Å². The molecule has 3 N–H and O–H groups in total. The Hall–Kier alpha value is -0.770. The highest BCUT2D eigenvalue weighted by Gasteiger charge is 2.10. The minimum Gasteiger partial charge on any atom is -0.385 e. The molecule has 1 heterocycles. The SMILES string of the molecule is CC(=N)c1c(Br)cn(C)c1N. The first kappa shape index (κ1) is 8.33. The van der Waals surface area contributed by atoms with Crippen LogP contribution in [-0.4, -0.2) is 10.3 Å². The Bertz CT molecular complexity index is 301. The molecule has 0 spiro atoms. The van der Waals surface area contributed by atoms with E-state index in [1.165, 1.54) is 0 Å². The van der Waals surface area contributed by atoms with E-state index in [9.17, 15) is 0 Å². The predicted molar refractivity (Wildman–Crippen MR) is 50.0 cm³/mol. The lowest BCUT2D eigenvalue weighted by Crippen LogP contribution is -2.01. The minimum atomic E-state index is 0.481. The number of aryl methyl sites for hydroxylation is 1. The summed E-state index contributed by atoms with van der Waals surface area (Å²) in [5.74, 6) is 0.629. The number of nitrogens with zero attached hydrogens (tertiary/aromatic N) is 1. The van der Waals surface area contributed by atoms with Gasteiger partial charge in [-0.2, -0.15) is 0 Å². The maximum Gasteiger partial charge on any atom is 0.113 e. The van der Waals surface area contributed by atoms with Crippen molar-refractivity contribution in [2.75, 3.05) is 5.73 Å². The number of halogens is 1. The van der Waals surface area contributed by atoms with Crippen molar-refractivity contribution < 1.29 is 0 Å². The van der Waals surface area contributed by atoms with Gasteiger partial charge >= 0.3 is 0 Å². The van der Waals surface area contributed by atoms with Crippen LogP contribution in [0.1, 0.15) is 12.5 Å². The average molecular weight is 216 g/mol. The molecular formula is C7H10BrN3. The molecule has 60 valence electrons. The molecule has 11 heavy (non-hydrogen) atoms. The minimum absolute atomic E-state index is 0.481. The molecule has 0 bridgehead atoms. The molecule has 0 aliphatic carbocycles. The summed E-state index contributed by atoms with van der Waals surface area (Å²) < 4.78 is 2.67. The average Bonchev–Trinajstić information content (AvgIpc) is 2.07. The summed E-state index contributed by atoms with van der Waals surface area (Å²) in [4.78, 5) is 0. The van der Waals surface area contributed by atoms with Crippen LogP contribution in [0, 0.1) is 5.41 Å². The van der Waals surface area contributed by atoms with E-state index in [1.807, 2.05) is 13.2 Å². The summed E-state index contributed by atoms with van der Waals surface area (Å²) in [6.07, 6.45) is 1.85. The topological polar surface area (TPSA) is 54.8 Å². The summed E-state index contributed by atoms with van der Waals surface area (Å²) in [7, 11) is 1.85. The number of nitrogen functional groups attached to an aromatic ring is 1. The van der Waals surface area contributed by atoms with Gasteiger partial charge in [-0.15, -0.1) is 0 Å². The van der Waals surface area contributed by atoms with Crippen molar-refractivity contribution in [1.29, 1.82) is 5.41 Å². The lowest BCUT2D eigenvalue weighted by atomic mass is 10.2. The molecule has 3 nitrogen and oxygen atoms in total. The summed E-state index contributed by atoms with van der Waals surface area (Å²) in [5.41, 5.74) is 6.96. The van der Waals surface area contributed by atoms with E-state index in [2.05, 4.69) is 15.9 Å². The van der Waals surface area contributed by atoms with Crippen LogP contribution in [0.2, 0.25) is 0 Å². The maximum atomic E-state index is 7.41. The molecule has 0 saturated heterocycles. The van der Waals surface area contributed by atoms with Crippen molar-refractivity contribution in [2.24, 2.45) is 7.05 Å². The van der Waals surface area contributed by atoms with Crippen LogP contribution in [0.5, 0.6) is 0 Å². The quantitative estimate of drug-likeness (QED) is 0.690. The number of rotatable bonds is 1. The number of hydrogen-bond acceptors (Lipinski definition) is 2. The van der Waals surface area contributed by atoms with Crippen LogP contribution in [0.15, 0.2) is 10.7 Å². The van der Waals surface area contributed by atoms with E-state index in [0.29, 0.717) is 11.5 Å². The maximum absolute atomic E-state index is 7.41. The molecule has 0 aliphatic rings. The summed E-state index contributed by atoms with van der Waals surface area (Å²) >= 11 is 3.33. The van der Waals surface area contributed by atoms with E-state index in [4.69, 9.17) is 11.1 Å². The van der Waals surface area contributed by atoms with Crippen LogP contribution >= 0.6 is 15.9 Å². The Morgan fingerprint density at radius 1 is 1.73 bits per heavy atom. The fourth-order valence-corrected chi connectivity index (χ4v) is 1.78. The Balaban J connectivity index is 3.34. The fourth-order valence-electron chi connectivity index (χ4n) is 0.974. The van der Waals surface area contributed by atoms with E-state index in [0.717, 1.165) is 10.0 Å². The van der Waals surface area contributed by atoms with Gasteiger partial charge in [-0.05, 0) is 22.9 Å². The zero-order valence-corrected chi connectivity index (χ0v) is 8.07. The van der Waals surface area contributed by atoms with Gasteiger partial charge in [0.1, 0.15) is 5.82 Å². The predicted octanol–water partition coefficient (Wildman–Crippen LogP) is 1.76. The number of aromatic nitrogens is 1. The number of hydrogen-bond donors (Lipinski definition) is 2. The first-order chi connectivity index (χ1) is 5.04. The Morgan fingerprint density at radius 2 is 2.27 bits per heavy atom. The first-order valence-corrected chi connectivity index (χ1v) is 3.99. The molecular weight excluding hydrogens is 206 g/mol. The van der Waals surface area contributed by atoms with Crippen LogP contribution in [0.25, 0.3) is 0 Å². The van der Waals surface area contributed by atoms with Gasteiger partial charge in [0.05, 0.1) is 5.56 Å². The second kappa shape index (κ2) is 2.70. The van der Waals surface area contributed by atoms with Gasteiger partial charge in [-0.25, -0.2) is 0 Å². The van der Waals surface area contributed by atoms with E-state index < -0.39 is 0 Å². The van der Waals surface area contributed by atoms with Crippen LogP contribution in [0.4, 0.5) is 5.82 Å². The third-order valence-corrected chi connectivity index (χ3v) is 2.16. The van der Waals surface area contributed by atoms with E-state index in [1.54, 1.807) is 11.5 Å². The third kappa shape index (κ3) is 1.30. The van der Waals surface area contributed by atoms with Crippen molar-refractivity contribution >= 4 is 27.5 Å². The van der Waals surface area contributed by atoms with Gasteiger partial charge in [-0.1, -0.05) is 0 Å². The van der Waals surface area contributed by atoms with Crippen molar-refractivity contribution in [3.8, 4) is 0 Å². The molecule has 1 aromatic rings. The van der Waals surface area contributed by atoms with Crippen molar-refractivity contribution in [3.63, 3.8) is 0 Å². The molecule has 4 heteroatoms. The Kier molecular flexibility index (Phi) is 2.04. The second-order valence-corrected chi connectivity index (χ2v) is 3.33. The molecule has 0 amide bonds. The molecule has 0 atom stereocenters. The van der Waals surface area contributed by atoms with Crippen LogP contribution in [0.3, 0.4) is 0 Å². The van der Waals surface area contributed by atoms with E-state index in [-0.39, 0.29) is 0 Å². The smallest absolute Gasteiger partial charge is 0.113 e. The molecule has 0 aliphatic heterocycles. The largest absolute Gasteiger partial charge is 0.385 e. The van der Waals surface area contributed by atoms with E-state index >= 15 is 0 Å². The van der Waals surface area contributed by atoms with Gasteiger partial charge in [-0.3, -0.25) is 0 Å². The first-order valence-electron chi connectivity index (χ1n) is 3.20. The zero-order chi connectivity index (χ0) is 8.59. The lowest BCUT2D eigenvalue weighted by Gasteiger charge is -1.98. The number of anilines is 1. The van der Waals surface area contributed by atoms with Gasteiger partial charge in [0.2, 0.25) is 0 Å². The third-order valence-electron chi connectivity index (χ3n) is 1.56. The van der Waals surface area contributed by atoms with Gasteiger partial charge < -0.3 is 15.7 Å². The normalized spacial score (nSPS) is 10.1. The van der Waals surface area contributed by atoms with Crippen molar-refractivity contribution in [2.45, 2.75) is 6.92 Å². The molecule has 0 radical (unpaired) electrons. The molecule has 1 aromatic heterocycles. The summed E-state index contributed by atoms with van der Waals surface area (Å²) in [6, 6.07) is 0.